The van der Waals surface area contributed by atoms with E-state index >= 15 is 0 Å². The molecule has 0 saturated heterocycles. The van der Waals surface area contributed by atoms with Gasteiger partial charge in [0, 0.05) is 5.39 Å². The van der Waals surface area contributed by atoms with Gasteiger partial charge in [-0.05, 0) is 41.8 Å². The molecule has 0 aromatic heterocycles. The molecular formula is C46H37GaS. The van der Waals surface area contributed by atoms with Gasteiger partial charge < -0.3 is 0 Å². The van der Waals surface area contributed by atoms with Crippen molar-refractivity contribution in [1.29, 1.82) is 0 Å². The molecule has 0 N–H and O–H groups in total. The molecule has 0 bridgehead atoms. The Bertz CT molecular complexity index is 1940. The molecule has 2 heteroatoms. The maximum absolute atomic E-state index is 3.21. The van der Waals surface area contributed by atoms with E-state index in [1.165, 1.54) is 41.9 Å². The molecule has 0 spiro atoms. The second-order valence-corrected chi connectivity index (χ2v) is 23.1. The molecule has 8 aromatic carbocycles. The predicted molar refractivity (Wildman–Crippen MR) is 209 cm³/mol. The van der Waals surface area contributed by atoms with Gasteiger partial charge in [-0.15, -0.1) is 0 Å². The molecular weight excluding hydrogens is 654 g/mol. The van der Waals surface area contributed by atoms with Gasteiger partial charge in [0.25, 0.3) is 0 Å². The maximum atomic E-state index is 2.32. The van der Waals surface area contributed by atoms with E-state index in [1.54, 1.807) is 0 Å². The first-order valence-electron chi connectivity index (χ1n) is 16.6. The Morgan fingerprint density at radius 3 is 0.979 bits per heavy atom. The van der Waals surface area contributed by atoms with Gasteiger partial charge in [0.2, 0.25) is 0 Å². The molecule has 0 unspecified atom stereocenters. The normalized spacial score (nSPS) is 11.1. The molecule has 0 fully saturated rings. The topological polar surface area (TPSA) is 0 Å². The standard InChI is InChI=1S/C22H17S.4C6H5.Ga/c1-3-12-19(13-4-1)23(20-14-5-2-6-15-20)22-17-9-11-18-10-7-8-16-21(18)22;4*1-2-4-6-5-3-1;/h1-17H;4*1-5H;/q+1;;;;;-1. The van der Waals surface area contributed by atoms with Crippen LogP contribution in [-0.2, 0) is 10.9 Å². The summed E-state index contributed by atoms with van der Waals surface area (Å²) >= 11 is -3.21. The molecule has 48 heavy (non-hydrogen) atoms. The van der Waals surface area contributed by atoms with Crippen molar-refractivity contribution in [2.75, 3.05) is 0 Å². The summed E-state index contributed by atoms with van der Waals surface area (Å²) in [6, 6.07) is 81.3. The van der Waals surface area contributed by atoms with Crippen LogP contribution in [0.15, 0.2) is 239 Å². The summed E-state index contributed by atoms with van der Waals surface area (Å²) in [6.07, 6.45) is 0. The van der Waals surface area contributed by atoms with Crippen molar-refractivity contribution in [2.45, 2.75) is 14.7 Å². The van der Waals surface area contributed by atoms with Crippen LogP contribution in [0.4, 0.5) is 0 Å². The zero-order valence-corrected chi connectivity index (χ0v) is 30.1. The number of hydrogen-bond acceptors (Lipinski definition) is 0. The van der Waals surface area contributed by atoms with Gasteiger partial charge >= 0.3 is 153 Å². The second-order valence-electron chi connectivity index (χ2n) is 11.9. The molecule has 0 aliphatic rings. The van der Waals surface area contributed by atoms with E-state index in [9.17, 15) is 0 Å². The first-order valence-corrected chi connectivity index (χ1v) is 22.6. The molecule has 0 saturated carbocycles. The van der Waals surface area contributed by atoms with Crippen molar-refractivity contribution >= 4 is 53.2 Å². The van der Waals surface area contributed by atoms with Gasteiger partial charge in [-0.25, -0.2) is 0 Å². The van der Waals surface area contributed by atoms with Crippen LogP contribution in [0.5, 0.6) is 0 Å². The minimum absolute atomic E-state index is 0.0892. The summed E-state index contributed by atoms with van der Waals surface area (Å²) in [4.78, 5) is 4.10. The zero-order valence-electron chi connectivity index (χ0n) is 26.8. The largest absolute Gasteiger partial charge is 0.174 e. The average molecular weight is 692 g/mol. The first kappa shape index (κ1) is 31.6. The van der Waals surface area contributed by atoms with E-state index < -0.39 is 15.0 Å². The third kappa shape index (κ3) is 6.56. The molecule has 0 aliphatic heterocycles. The average Bonchev–Trinajstić information content (AvgIpc) is 3.18. The molecule has 230 valence electrons. The minimum Gasteiger partial charge on any atom is -0.0619 e. The summed E-state index contributed by atoms with van der Waals surface area (Å²) in [7, 11) is -0.0892. The molecule has 0 radical (unpaired) electrons. The number of hydrogen-bond donors (Lipinski definition) is 0. The fourth-order valence-electron chi connectivity index (χ4n) is 7.00. The maximum Gasteiger partial charge on any atom is 0.174 e. The number of rotatable bonds is 7. The molecule has 0 amide bonds. The fourth-order valence-corrected chi connectivity index (χ4v) is 20.8. The van der Waals surface area contributed by atoms with Gasteiger partial charge in [0.05, 0.1) is 10.9 Å². The smallest absolute Gasteiger partial charge is 0.0619 e. The number of fused-ring (bicyclic) bond motifs is 1. The van der Waals surface area contributed by atoms with E-state index in [1.807, 2.05) is 0 Å². The van der Waals surface area contributed by atoms with Crippen LogP contribution in [0.25, 0.3) is 10.8 Å². The van der Waals surface area contributed by atoms with Gasteiger partial charge in [0.1, 0.15) is 0 Å². The van der Waals surface area contributed by atoms with Crippen LogP contribution in [-0.4, -0.2) is 15.0 Å². The van der Waals surface area contributed by atoms with Crippen LogP contribution in [0.1, 0.15) is 0 Å². The Labute approximate surface area is 290 Å². The van der Waals surface area contributed by atoms with Crippen molar-refractivity contribution in [2.24, 2.45) is 0 Å². The van der Waals surface area contributed by atoms with Gasteiger partial charge in [-0.2, -0.15) is 0 Å². The third-order valence-electron chi connectivity index (χ3n) is 9.13. The van der Waals surface area contributed by atoms with E-state index in [2.05, 4.69) is 224 Å². The third-order valence-corrected chi connectivity index (χ3v) is 23.0. The van der Waals surface area contributed by atoms with Crippen molar-refractivity contribution in [3.63, 3.8) is 0 Å². The Balaban J connectivity index is 0.000000152. The predicted octanol–water partition coefficient (Wildman–Crippen LogP) is 9.00. The van der Waals surface area contributed by atoms with Crippen LogP contribution < -0.4 is 16.5 Å². The zero-order chi connectivity index (χ0) is 32.4. The van der Waals surface area contributed by atoms with Crippen LogP contribution in [0.2, 0.25) is 0 Å². The quantitative estimate of drug-likeness (QED) is 0.116. The van der Waals surface area contributed by atoms with Crippen molar-refractivity contribution in [3.8, 4) is 0 Å². The van der Waals surface area contributed by atoms with Gasteiger partial charge in [-0.1, -0.05) is 66.7 Å². The molecule has 0 aliphatic carbocycles. The molecule has 0 atom stereocenters. The Morgan fingerprint density at radius 1 is 0.271 bits per heavy atom. The van der Waals surface area contributed by atoms with Crippen molar-refractivity contribution in [3.05, 3.63) is 224 Å². The van der Waals surface area contributed by atoms with Crippen LogP contribution in [0, 0.1) is 0 Å². The SMILES string of the molecule is c1cc[c]([Ga-]([c]2ccccc2)([c]2ccccc2)[c]2ccccc2)cc1.c1ccc([S+](c2ccccc2)c2cccc3ccccc23)cc1. The van der Waals surface area contributed by atoms with E-state index in [4.69, 9.17) is 0 Å². The van der Waals surface area contributed by atoms with E-state index in [0.717, 1.165) is 0 Å². The van der Waals surface area contributed by atoms with E-state index in [0.29, 0.717) is 0 Å². The monoisotopic (exact) mass is 690 g/mol. The summed E-state index contributed by atoms with van der Waals surface area (Å²) in [5, 5.41) is 2.64. The molecule has 0 heterocycles. The van der Waals surface area contributed by atoms with Crippen LogP contribution >= 0.6 is 0 Å². The summed E-state index contributed by atoms with van der Waals surface area (Å²) in [5.74, 6) is 0. The summed E-state index contributed by atoms with van der Waals surface area (Å²) in [5.41, 5.74) is 0. The molecule has 8 rings (SSSR count). The van der Waals surface area contributed by atoms with Gasteiger partial charge in [0.15, 0.2) is 14.7 Å². The minimum atomic E-state index is -3.21. The summed E-state index contributed by atoms with van der Waals surface area (Å²) < 4.78 is 5.92. The Kier molecular flexibility index (Phi) is 10.1. The number of benzene rings is 8. The second kappa shape index (κ2) is 15.3. The van der Waals surface area contributed by atoms with Gasteiger partial charge in [-0.3, -0.25) is 0 Å². The molecule has 0 nitrogen and oxygen atoms in total. The van der Waals surface area contributed by atoms with Crippen molar-refractivity contribution in [1.82, 2.24) is 0 Å². The van der Waals surface area contributed by atoms with Crippen molar-refractivity contribution < 1.29 is 0 Å². The first-order chi connectivity index (χ1) is 23.9. The fraction of sp³-hybridized carbons (Fsp3) is 0. The summed E-state index contributed by atoms with van der Waals surface area (Å²) in [6.45, 7) is 0. The Hall–Kier alpha value is -4.99. The van der Waals surface area contributed by atoms with Crippen LogP contribution in [0.3, 0.4) is 0 Å². The molecule has 8 aromatic rings. The van der Waals surface area contributed by atoms with E-state index in [-0.39, 0.29) is 10.9 Å². The Morgan fingerprint density at radius 2 is 0.583 bits per heavy atom.